The third-order valence-corrected chi connectivity index (χ3v) is 2.48. The second-order valence-electron chi connectivity index (χ2n) is 2.56. The third kappa shape index (κ3) is 2.33. The maximum atomic E-state index is 11.2. The number of hydrogen-bond acceptors (Lipinski definition) is 2. The van der Waals surface area contributed by atoms with E-state index in [1.165, 1.54) is 18.2 Å². The Labute approximate surface area is 93.8 Å². The van der Waals surface area contributed by atoms with Crippen molar-refractivity contribution in [2.75, 3.05) is 5.33 Å². The van der Waals surface area contributed by atoms with E-state index in [4.69, 9.17) is 16.7 Å². The van der Waals surface area contributed by atoms with Crippen LogP contribution >= 0.6 is 27.5 Å². The molecular formula is C9H6BrClO3. The van der Waals surface area contributed by atoms with Gasteiger partial charge in [0.05, 0.1) is 15.9 Å². The maximum Gasteiger partial charge on any atom is 0.337 e. The molecule has 0 aliphatic heterocycles. The van der Waals surface area contributed by atoms with Gasteiger partial charge in [-0.1, -0.05) is 27.5 Å². The molecule has 0 saturated heterocycles. The van der Waals surface area contributed by atoms with Crippen molar-refractivity contribution in [3.63, 3.8) is 0 Å². The minimum Gasteiger partial charge on any atom is -0.478 e. The van der Waals surface area contributed by atoms with Crippen molar-refractivity contribution in [2.45, 2.75) is 0 Å². The lowest BCUT2D eigenvalue weighted by atomic mass is 10.1. The standard InChI is InChI=1S/C9H6BrClO3/c10-4-8(12)5-1-2-7(11)6(3-5)9(13)14/h1-3H,4H2,(H,13,14). The van der Waals surface area contributed by atoms with E-state index in [1.54, 1.807) is 0 Å². The molecule has 1 aromatic rings. The molecule has 0 aliphatic carbocycles. The number of carboxylic acid groups (broad SMARTS) is 1. The van der Waals surface area contributed by atoms with E-state index in [0.717, 1.165) is 0 Å². The van der Waals surface area contributed by atoms with Gasteiger partial charge in [0.1, 0.15) is 0 Å². The lowest BCUT2D eigenvalue weighted by Crippen LogP contribution is -2.04. The molecule has 0 fully saturated rings. The van der Waals surface area contributed by atoms with Crippen molar-refractivity contribution in [1.29, 1.82) is 0 Å². The van der Waals surface area contributed by atoms with E-state index in [2.05, 4.69) is 15.9 Å². The van der Waals surface area contributed by atoms with Gasteiger partial charge in [0.15, 0.2) is 5.78 Å². The van der Waals surface area contributed by atoms with E-state index < -0.39 is 5.97 Å². The first kappa shape index (κ1) is 11.2. The summed E-state index contributed by atoms with van der Waals surface area (Å²) in [4.78, 5) is 21.9. The van der Waals surface area contributed by atoms with Crippen LogP contribution in [0.25, 0.3) is 0 Å². The topological polar surface area (TPSA) is 54.4 Å². The number of Topliss-reactive ketones (excluding diaryl/α,β-unsaturated/α-hetero) is 1. The van der Waals surface area contributed by atoms with Crippen LogP contribution in [0.5, 0.6) is 0 Å². The lowest BCUT2D eigenvalue weighted by Gasteiger charge is -2.01. The Kier molecular flexibility index (Phi) is 3.66. The van der Waals surface area contributed by atoms with Crippen LogP contribution in [0.15, 0.2) is 18.2 Å². The first-order valence-electron chi connectivity index (χ1n) is 3.68. The summed E-state index contributed by atoms with van der Waals surface area (Å²) >= 11 is 8.64. The number of alkyl halides is 1. The van der Waals surface area contributed by atoms with Gasteiger partial charge in [-0.2, -0.15) is 0 Å². The van der Waals surface area contributed by atoms with E-state index in [-0.39, 0.29) is 21.7 Å². The van der Waals surface area contributed by atoms with Gasteiger partial charge < -0.3 is 5.11 Å². The number of aromatic carboxylic acids is 1. The molecule has 0 saturated carbocycles. The van der Waals surface area contributed by atoms with Crippen LogP contribution in [0.3, 0.4) is 0 Å². The largest absolute Gasteiger partial charge is 0.478 e. The highest BCUT2D eigenvalue weighted by Gasteiger charge is 2.12. The van der Waals surface area contributed by atoms with Crippen molar-refractivity contribution in [2.24, 2.45) is 0 Å². The summed E-state index contributed by atoms with van der Waals surface area (Å²) in [6, 6.07) is 4.17. The molecule has 0 aliphatic rings. The molecule has 0 spiro atoms. The normalized spacial score (nSPS) is 9.86. The molecule has 5 heteroatoms. The van der Waals surface area contributed by atoms with Crippen molar-refractivity contribution in [3.05, 3.63) is 34.3 Å². The van der Waals surface area contributed by atoms with Crippen LogP contribution in [-0.2, 0) is 0 Å². The summed E-state index contributed by atoms with van der Waals surface area (Å²) in [6.45, 7) is 0. The Morgan fingerprint density at radius 2 is 2.07 bits per heavy atom. The van der Waals surface area contributed by atoms with Gasteiger partial charge in [-0.3, -0.25) is 4.79 Å². The molecule has 1 N–H and O–H groups in total. The summed E-state index contributed by atoms with van der Waals surface area (Å²) in [5.74, 6) is -1.32. The Balaban J connectivity index is 3.19. The molecule has 74 valence electrons. The zero-order chi connectivity index (χ0) is 10.7. The smallest absolute Gasteiger partial charge is 0.337 e. The predicted molar refractivity (Wildman–Crippen MR) is 56.5 cm³/mol. The van der Waals surface area contributed by atoms with Gasteiger partial charge in [-0.25, -0.2) is 4.79 Å². The quantitative estimate of drug-likeness (QED) is 0.682. The minimum absolute atomic E-state index is 0.0570. The molecule has 0 unspecified atom stereocenters. The monoisotopic (exact) mass is 276 g/mol. The molecule has 0 radical (unpaired) electrons. The molecule has 0 atom stereocenters. The van der Waals surface area contributed by atoms with Crippen LogP contribution in [-0.4, -0.2) is 22.2 Å². The van der Waals surface area contributed by atoms with E-state index in [0.29, 0.717) is 5.56 Å². The first-order chi connectivity index (χ1) is 6.56. The van der Waals surface area contributed by atoms with E-state index >= 15 is 0 Å². The van der Waals surface area contributed by atoms with Gasteiger partial charge >= 0.3 is 5.97 Å². The van der Waals surface area contributed by atoms with Crippen molar-refractivity contribution in [1.82, 2.24) is 0 Å². The maximum absolute atomic E-state index is 11.2. The number of hydrogen-bond donors (Lipinski definition) is 1. The van der Waals surface area contributed by atoms with Crippen LogP contribution in [0, 0.1) is 0 Å². The van der Waals surface area contributed by atoms with Crippen molar-refractivity contribution >= 4 is 39.3 Å². The highest BCUT2D eigenvalue weighted by Crippen LogP contribution is 2.18. The molecular weight excluding hydrogens is 271 g/mol. The molecule has 0 aromatic heterocycles. The number of ketones is 1. The van der Waals surface area contributed by atoms with E-state index in [9.17, 15) is 9.59 Å². The zero-order valence-electron chi connectivity index (χ0n) is 6.96. The zero-order valence-corrected chi connectivity index (χ0v) is 9.30. The van der Waals surface area contributed by atoms with Crippen LogP contribution in [0.2, 0.25) is 5.02 Å². The third-order valence-electron chi connectivity index (χ3n) is 1.64. The number of rotatable bonds is 3. The van der Waals surface area contributed by atoms with Gasteiger partial charge in [0.25, 0.3) is 0 Å². The molecule has 0 amide bonds. The highest BCUT2D eigenvalue weighted by molar-refractivity contribution is 9.09. The lowest BCUT2D eigenvalue weighted by molar-refractivity contribution is 0.0697. The number of carboxylic acids is 1. The van der Waals surface area contributed by atoms with Crippen LogP contribution in [0.4, 0.5) is 0 Å². The van der Waals surface area contributed by atoms with E-state index in [1.807, 2.05) is 0 Å². The van der Waals surface area contributed by atoms with Crippen LogP contribution in [0.1, 0.15) is 20.7 Å². The van der Waals surface area contributed by atoms with Crippen molar-refractivity contribution < 1.29 is 14.7 Å². The fraction of sp³-hybridized carbons (Fsp3) is 0.111. The number of carbonyl (C=O) groups is 2. The van der Waals surface area contributed by atoms with Crippen molar-refractivity contribution in [3.8, 4) is 0 Å². The first-order valence-corrected chi connectivity index (χ1v) is 5.18. The summed E-state index contributed by atoms with van der Waals surface area (Å²) in [6.07, 6.45) is 0. The average Bonchev–Trinajstić information content (AvgIpc) is 2.17. The fourth-order valence-electron chi connectivity index (χ4n) is 0.940. The summed E-state index contributed by atoms with van der Waals surface area (Å²) in [5, 5.41) is 9.03. The molecule has 3 nitrogen and oxygen atoms in total. The Bertz CT molecular complexity index is 390. The van der Waals surface area contributed by atoms with Gasteiger partial charge in [-0.05, 0) is 18.2 Å². The second-order valence-corrected chi connectivity index (χ2v) is 3.52. The Morgan fingerprint density at radius 3 is 2.57 bits per heavy atom. The summed E-state index contributed by atoms with van der Waals surface area (Å²) in [7, 11) is 0. The SMILES string of the molecule is O=C(CBr)c1ccc(Cl)c(C(=O)O)c1. The Morgan fingerprint density at radius 1 is 1.43 bits per heavy atom. The fourth-order valence-corrected chi connectivity index (χ4v) is 1.46. The predicted octanol–water partition coefficient (Wildman–Crippen LogP) is 2.62. The Hall–Kier alpha value is -0.870. The average molecular weight is 278 g/mol. The van der Waals surface area contributed by atoms with Gasteiger partial charge in [0.2, 0.25) is 0 Å². The molecule has 1 rings (SSSR count). The van der Waals surface area contributed by atoms with Gasteiger partial charge in [0, 0.05) is 5.56 Å². The summed E-state index contributed by atoms with van der Waals surface area (Å²) in [5.41, 5.74) is 0.280. The summed E-state index contributed by atoms with van der Waals surface area (Å²) < 4.78 is 0. The molecule has 14 heavy (non-hydrogen) atoms. The minimum atomic E-state index is -1.14. The number of benzene rings is 1. The molecule has 1 aromatic carbocycles. The van der Waals surface area contributed by atoms with Crippen LogP contribution < -0.4 is 0 Å². The molecule has 0 bridgehead atoms. The second kappa shape index (κ2) is 4.57. The molecule has 0 heterocycles. The number of carbonyl (C=O) groups excluding carboxylic acids is 1. The number of halogens is 2. The highest BCUT2D eigenvalue weighted by atomic mass is 79.9. The van der Waals surface area contributed by atoms with Gasteiger partial charge in [-0.15, -0.1) is 0 Å².